The summed E-state index contributed by atoms with van der Waals surface area (Å²) in [5.74, 6) is 2.18. The fourth-order valence-corrected chi connectivity index (χ4v) is 5.81. The van der Waals surface area contributed by atoms with Gasteiger partial charge < -0.3 is 15.6 Å². The molecule has 0 radical (unpaired) electrons. The van der Waals surface area contributed by atoms with Crippen LogP contribution in [0.3, 0.4) is 0 Å². The Morgan fingerprint density at radius 2 is 2.22 bits per heavy atom. The lowest BCUT2D eigenvalue weighted by atomic mass is 10.1. The van der Waals surface area contributed by atoms with Crippen LogP contribution in [0.1, 0.15) is 41.9 Å². The van der Waals surface area contributed by atoms with Crippen LogP contribution in [-0.2, 0) is 23.4 Å². The third kappa shape index (κ3) is 4.85. The van der Waals surface area contributed by atoms with Gasteiger partial charge in [-0.15, -0.1) is 23.7 Å². The highest BCUT2D eigenvalue weighted by atomic mass is 35.5. The normalized spacial score (nSPS) is 18.9. The highest BCUT2D eigenvalue weighted by Crippen LogP contribution is 2.34. The van der Waals surface area contributed by atoms with Crippen molar-refractivity contribution in [2.75, 3.05) is 18.8 Å². The number of H-pyrrole nitrogens is 1. The Hall–Kier alpha value is -1.09. The smallest absolute Gasteiger partial charge is 0.259 e. The number of hydrogen-bond acceptors (Lipinski definition) is 6. The van der Waals surface area contributed by atoms with E-state index in [0.717, 1.165) is 61.2 Å². The van der Waals surface area contributed by atoms with Crippen molar-refractivity contribution in [2.24, 2.45) is 0 Å². The molecule has 27 heavy (non-hydrogen) atoms. The number of rotatable bonds is 6. The molecule has 148 valence electrons. The number of aromatic amines is 1. The summed E-state index contributed by atoms with van der Waals surface area (Å²) >= 11 is 3.31. The molecule has 0 aromatic carbocycles. The van der Waals surface area contributed by atoms with Crippen LogP contribution in [0, 0.1) is 0 Å². The van der Waals surface area contributed by atoms with Crippen LogP contribution in [0.5, 0.6) is 0 Å². The standard InChI is InChI=1S/C18H24N4O2S2.ClH/c23-15(20-11-3-2-7-19-9-11)6-8-25-10-14-21-17(24)16-12-4-1-5-13(12)26-18(16)22-14;/h11,19H,1-10H2,(H,20,23)(H,21,22,24);1H. The zero-order valence-corrected chi connectivity index (χ0v) is 17.6. The number of aromatic nitrogens is 2. The van der Waals surface area contributed by atoms with Gasteiger partial charge in [-0.25, -0.2) is 4.98 Å². The highest BCUT2D eigenvalue weighted by molar-refractivity contribution is 7.98. The summed E-state index contributed by atoms with van der Waals surface area (Å²) < 4.78 is 0. The minimum atomic E-state index is -0.00691. The zero-order chi connectivity index (χ0) is 17.9. The van der Waals surface area contributed by atoms with E-state index in [4.69, 9.17) is 0 Å². The molecule has 3 N–H and O–H groups in total. The number of thioether (sulfide) groups is 1. The van der Waals surface area contributed by atoms with Gasteiger partial charge in [0.25, 0.3) is 5.56 Å². The number of halogens is 1. The summed E-state index contributed by atoms with van der Waals surface area (Å²) in [7, 11) is 0. The van der Waals surface area contributed by atoms with Gasteiger partial charge in [0.05, 0.1) is 11.1 Å². The lowest BCUT2D eigenvalue weighted by molar-refractivity contribution is -0.121. The second-order valence-electron chi connectivity index (χ2n) is 6.96. The Bertz CT molecular complexity index is 861. The summed E-state index contributed by atoms with van der Waals surface area (Å²) in [4.78, 5) is 34.2. The number of nitrogens with zero attached hydrogens (tertiary/aromatic N) is 1. The predicted molar refractivity (Wildman–Crippen MR) is 114 cm³/mol. The Balaban J connectivity index is 0.00000210. The molecular formula is C18H25ClN4O2S2. The Morgan fingerprint density at radius 1 is 1.33 bits per heavy atom. The average molecular weight is 429 g/mol. The second-order valence-corrected chi connectivity index (χ2v) is 9.15. The zero-order valence-electron chi connectivity index (χ0n) is 15.1. The van der Waals surface area contributed by atoms with Gasteiger partial charge in [0.1, 0.15) is 10.7 Å². The molecule has 1 fully saturated rings. The summed E-state index contributed by atoms with van der Waals surface area (Å²) in [5.41, 5.74) is 1.21. The molecule has 0 bridgehead atoms. The van der Waals surface area contributed by atoms with Crippen molar-refractivity contribution >= 4 is 51.6 Å². The quantitative estimate of drug-likeness (QED) is 0.615. The van der Waals surface area contributed by atoms with Gasteiger partial charge in [-0.2, -0.15) is 11.8 Å². The van der Waals surface area contributed by atoms with Crippen LogP contribution in [0.15, 0.2) is 4.79 Å². The number of aryl methyl sites for hydroxylation is 2. The van der Waals surface area contributed by atoms with E-state index in [1.165, 1.54) is 10.4 Å². The number of carbonyl (C=O) groups excluding carboxylic acids is 1. The molecule has 0 saturated carbocycles. The van der Waals surface area contributed by atoms with Crippen molar-refractivity contribution in [3.05, 3.63) is 26.6 Å². The second kappa shape index (κ2) is 9.41. The number of hydrogen-bond donors (Lipinski definition) is 3. The van der Waals surface area contributed by atoms with Crippen LogP contribution >= 0.6 is 35.5 Å². The van der Waals surface area contributed by atoms with Crippen molar-refractivity contribution in [3.8, 4) is 0 Å². The molecule has 1 amide bonds. The third-order valence-electron chi connectivity index (χ3n) is 5.00. The van der Waals surface area contributed by atoms with Gasteiger partial charge in [-0.3, -0.25) is 9.59 Å². The molecule has 1 saturated heterocycles. The molecule has 9 heteroatoms. The number of carbonyl (C=O) groups is 1. The van der Waals surface area contributed by atoms with Crippen LogP contribution in [-0.4, -0.2) is 40.8 Å². The summed E-state index contributed by atoms with van der Waals surface area (Å²) in [6.45, 7) is 1.92. The lowest BCUT2D eigenvalue weighted by Crippen LogP contribution is -2.45. The van der Waals surface area contributed by atoms with Crippen LogP contribution < -0.4 is 16.2 Å². The van der Waals surface area contributed by atoms with E-state index in [1.807, 2.05) is 0 Å². The fourth-order valence-electron chi connectivity index (χ4n) is 3.72. The number of piperidine rings is 1. The van der Waals surface area contributed by atoms with Gasteiger partial charge in [0, 0.05) is 29.6 Å². The molecule has 1 unspecified atom stereocenters. The fraction of sp³-hybridized carbons (Fsp3) is 0.611. The number of amides is 1. The minimum absolute atomic E-state index is 0. The number of thiophene rings is 1. The van der Waals surface area contributed by atoms with E-state index in [0.29, 0.717) is 18.0 Å². The van der Waals surface area contributed by atoms with Crippen molar-refractivity contribution in [3.63, 3.8) is 0 Å². The molecule has 2 aromatic heterocycles. The monoisotopic (exact) mass is 428 g/mol. The van der Waals surface area contributed by atoms with E-state index < -0.39 is 0 Å². The Labute approximate surface area is 172 Å². The van der Waals surface area contributed by atoms with E-state index in [2.05, 4.69) is 20.6 Å². The first-order valence-electron chi connectivity index (χ1n) is 9.32. The van der Waals surface area contributed by atoms with Gasteiger partial charge in [0.15, 0.2) is 0 Å². The molecule has 0 spiro atoms. The predicted octanol–water partition coefficient (Wildman–Crippen LogP) is 2.39. The summed E-state index contributed by atoms with van der Waals surface area (Å²) in [6.07, 6.45) is 5.90. The molecular weight excluding hydrogens is 404 g/mol. The van der Waals surface area contributed by atoms with E-state index in [9.17, 15) is 9.59 Å². The Morgan fingerprint density at radius 3 is 3.04 bits per heavy atom. The SMILES string of the molecule is Cl.O=C(CCSCc1nc2sc3c(c2c(=O)[nH]1)CCC3)NC1CCCNC1. The van der Waals surface area contributed by atoms with Crippen LogP contribution in [0.2, 0.25) is 0 Å². The largest absolute Gasteiger partial charge is 0.352 e. The van der Waals surface area contributed by atoms with Gasteiger partial charge >= 0.3 is 0 Å². The first-order valence-corrected chi connectivity index (χ1v) is 11.3. The number of fused-ring (bicyclic) bond motifs is 3. The van der Waals surface area contributed by atoms with Crippen LogP contribution in [0.25, 0.3) is 10.2 Å². The van der Waals surface area contributed by atoms with E-state index in [-0.39, 0.29) is 29.9 Å². The molecule has 4 rings (SSSR count). The third-order valence-corrected chi connectivity index (χ3v) is 7.15. The molecule has 2 aliphatic rings. The van der Waals surface area contributed by atoms with Crippen molar-refractivity contribution in [1.29, 1.82) is 0 Å². The molecule has 1 aliphatic heterocycles. The molecule has 1 atom stereocenters. The maximum Gasteiger partial charge on any atom is 0.259 e. The number of nitrogens with one attached hydrogen (secondary N) is 3. The maximum atomic E-state index is 12.4. The first-order chi connectivity index (χ1) is 12.7. The maximum absolute atomic E-state index is 12.4. The molecule has 6 nitrogen and oxygen atoms in total. The van der Waals surface area contributed by atoms with Gasteiger partial charge in [0.2, 0.25) is 5.91 Å². The highest BCUT2D eigenvalue weighted by Gasteiger charge is 2.21. The topological polar surface area (TPSA) is 86.9 Å². The lowest BCUT2D eigenvalue weighted by Gasteiger charge is -2.23. The van der Waals surface area contributed by atoms with E-state index >= 15 is 0 Å². The van der Waals surface area contributed by atoms with Gasteiger partial charge in [-0.05, 0) is 44.2 Å². The van der Waals surface area contributed by atoms with E-state index in [1.54, 1.807) is 23.1 Å². The Kier molecular flexibility index (Phi) is 7.19. The molecule has 1 aliphatic carbocycles. The van der Waals surface area contributed by atoms with Crippen molar-refractivity contribution < 1.29 is 4.79 Å². The average Bonchev–Trinajstić information content (AvgIpc) is 3.20. The summed E-state index contributed by atoms with van der Waals surface area (Å²) in [6, 6.07) is 0.266. The van der Waals surface area contributed by atoms with Crippen molar-refractivity contribution in [1.82, 2.24) is 20.6 Å². The first kappa shape index (κ1) is 20.6. The van der Waals surface area contributed by atoms with Crippen LogP contribution in [0.4, 0.5) is 0 Å². The van der Waals surface area contributed by atoms with Crippen molar-refractivity contribution in [2.45, 2.75) is 50.3 Å². The summed E-state index contributed by atoms with van der Waals surface area (Å²) in [5, 5.41) is 7.19. The minimum Gasteiger partial charge on any atom is -0.352 e. The van der Waals surface area contributed by atoms with Gasteiger partial charge in [-0.1, -0.05) is 0 Å². The molecule has 2 aromatic rings. The molecule has 3 heterocycles.